The van der Waals surface area contributed by atoms with Gasteiger partial charge in [-0.2, -0.15) is 8.78 Å². The molecule has 1 N–H and O–H groups in total. The molecule has 1 amide bonds. The van der Waals surface area contributed by atoms with Gasteiger partial charge in [0.05, 0.1) is 0 Å². The summed E-state index contributed by atoms with van der Waals surface area (Å²) in [7, 11) is 0. The normalized spacial score (nSPS) is 10.5. The lowest BCUT2D eigenvalue weighted by atomic mass is 10.1. The summed E-state index contributed by atoms with van der Waals surface area (Å²) in [5.74, 6) is -0.927. The highest BCUT2D eigenvalue weighted by Gasteiger charge is 2.10. The van der Waals surface area contributed by atoms with Crippen molar-refractivity contribution in [3.8, 4) is 5.75 Å². The lowest BCUT2D eigenvalue weighted by molar-refractivity contribution is -0.0497. The lowest BCUT2D eigenvalue weighted by Gasteiger charge is -2.09. The van der Waals surface area contributed by atoms with Crippen LogP contribution in [0.5, 0.6) is 5.75 Å². The van der Waals surface area contributed by atoms with Crippen LogP contribution in [0.1, 0.15) is 15.9 Å². The van der Waals surface area contributed by atoms with Crippen LogP contribution in [-0.4, -0.2) is 12.5 Å². The summed E-state index contributed by atoms with van der Waals surface area (Å²) in [4.78, 5) is 12.0. The molecule has 0 aromatic heterocycles. The minimum absolute atomic E-state index is 0.0573. The molecule has 0 saturated heterocycles. The fourth-order valence-corrected chi connectivity index (χ4v) is 1.74. The molecule has 0 bridgehead atoms. The molecule has 0 aliphatic carbocycles. The van der Waals surface area contributed by atoms with Crippen molar-refractivity contribution in [1.29, 1.82) is 0 Å². The van der Waals surface area contributed by atoms with E-state index in [4.69, 9.17) is 0 Å². The van der Waals surface area contributed by atoms with Crippen LogP contribution >= 0.6 is 0 Å². The van der Waals surface area contributed by atoms with E-state index in [0.717, 1.165) is 0 Å². The Balaban J connectivity index is 2.13. The second-order valence-corrected chi connectivity index (χ2v) is 4.32. The van der Waals surface area contributed by atoms with E-state index in [9.17, 15) is 18.0 Å². The fourth-order valence-electron chi connectivity index (χ4n) is 1.74. The van der Waals surface area contributed by atoms with E-state index in [1.54, 1.807) is 6.92 Å². The maximum Gasteiger partial charge on any atom is 0.387 e. The van der Waals surface area contributed by atoms with Gasteiger partial charge in [0, 0.05) is 17.3 Å². The Morgan fingerprint density at radius 3 is 2.62 bits per heavy atom. The first-order chi connectivity index (χ1) is 9.95. The quantitative estimate of drug-likeness (QED) is 0.926. The Labute approximate surface area is 119 Å². The zero-order chi connectivity index (χ0) is 15.4. The molecule has 0 fully saturated rings. The second-order valence-electron chi connectivity index (χ2n) is 4.32. The minimum Gasteiger partial charge on any atom is -0.435 e. The second kappa shape index (κ2) is 6.30. The Morgan fingerprint density at radius 1 is 1.19 bits per heavy atom. The highest BCUT2D eigenvalue weighted by atomic mass is 19.3. The third-order valence-electron chi connectivity index (χ3n) is 2.74. The summed E-state index contributed by atoms with van der Waals surface area (Å²) in [5, 5.41) is 2.53. The number of halogens is 3. The van der Waals surface area contributed by atoms with E-state index in [1.807, 2.05) is 0 Å². The molecule has 6 heteroatoms. The van der Waals surface area contributed by atoms with Crippen molar-refractivity contribution in [3.63, 3.8) is 0 Å². The van der Waals surface area contributed by atoms with Crippen LogP contribution < -0.4 is 10.1 Å². The largest absolute Gasteiger partial charge is 0.435 e. The molecule has 0 spiro atoms. The molecule has 0 heterocycles. The summed E-state index contributed by atoms with van der Waals surface area (Å²) in [6, 6.07) is 9.59. The van der Waals surface area contributed by atoms with Crippen LogP contribution in [0.2, 0.25) is 0 Å². The van der Waals surface area contributed by atoms with Gasteiger partial charge in [-0.3, -0.25) is 4.79 Å². The Hall–Kier alpha value is -2.50. The van der Waals surface area contributed by atoms with Crippen LogP contribution in [0, 0.1) is 12.7 Å². The van der Waals surface area contributed by atoms with E-state index in [1.165, 1.54) is 42.5 Å². The van der Waals surface area contributed by atoms with Gasteiger partial charge in [0.2, 0.25) is 0 Å². The molecule has 0 radical (unpaired) electrons. The number of rotatable bonds is 4. The number of anilines is 1. The molecule has 0 unspecified atom stereocenters. The molecule has 0 atom stereocenters. The first-order valence-corrected chi connectivity index (χ1v) is 6.08. The number of aryl methyl sites for hydroxylation is 1. The molecule has 3 nitrogen and oxygen atoms in total. The van der Waals surface area contributed by atoms with Crippen LogP contribution in [0.3, 0.4) is 0 Å². The van der Waals surface area contributed by atoms with Gasteiger partial charge >= 0.3 is 6.61 Å². The van der Waals surface area contributed by atoms with Gasteiger partial charge in [-0.05, 0) is 42.8 Å². The van der Waals surface area contributed by atoms with Gasteiger partial charge in [0.15, 0.2) is 0 Å². The number of nitrogens with one attached hydrogen (secondary N) is 1. The third kappa shape index (κ3) is 3.98. The Morgan fingerprint density at radius 2 is 1.95 bits per heavy atom. The van der Waals surface area contributed by atoms with Crippen molar-refractivity contribution in [2.75, 3.05) is 5.32 Å². The van der Waals surface area contributed by atoms with Gasteiger partial charge < -0.3 is 10.1 Å². The van der Waals surface area contributed by atoms with Crippen LogP contribution in [0.25, 0.3) is 0 Å². The monoisotopic (exact) mass is 295 g/mol. The van der Waals surface area contributed by atoms with Crippen molar-refractivity contribution in [3.05, 3.63) is 59.4 Å². The van der Waals surface area contributed by atoms with Crippen LogP contribution in [0.15, 0.2) is 42.5 Å². The standard InChI is InChI=1S/C15H12F3NO2/c1-9-7-10(5-6-13(9)16)14(20)19-11-3-2-4-12(8-11)21-15(17)18/h2-8,15H,1H3,(H,19,20). The number of amides is 1. The molecular formula is C15H12F3NO2. The predicted octanol–water partition coefficient (Wildman–Crippen LogP) is 3.99. The van der Waals surface area contributed by atoms with Crippen molar-refractivity contribution in [2.45, 2.75) is 13.5 Å². The average Bonchev–Trinajstić information content (AvgIpc) is 2.41. The van der Waals surface area contributed by atoms with Crippen molar-refractivity contribution in [2.24, 2.45) is 0 Å². The number of hydrogen-bond acceptors (Lipinski definition) is 2. The molecule has 0 aliphatic heterocycles. The first-order valence-electron chi connectivity index (χ1n) is 6.08. The Kier molecular flexibility index (Phi) is 4.47. The number of benzene rings is 2. The number of hydrogen-bond donors (Lipinski definition) is 1. The molecule has 0 aliphatic rings. The Bertz CT molecular complexity index is 659. The zero-order valence-electron chi connectivity index (χ0n) is 11.1. The van der Waals surface area contributed by atoms with Crippen molar-refractivity contribution in [1.82, 2.24) is 0 Å². The SMILES string of the molecule is Cc1cc(C(=O)Nc2cccc(OC(F)F)c2)ccc1F. The minimum atomic E-state index is -2.93. The average molecular weight is 295 g/mol. The van der Waals surface area contributed by atoms with Crippen LogP contribution in [0.4, 0.5) is 18.9 Å². The molecule has 2 aromatic carbocycles. The number of carbonyl (C=O) groups is 1. The summed E-state index contributed by atoms with van der Waals surface area (Å²) in [6.45, 7) is -1.39. The van der Waals surface area contributed by atoms with E-state index in [-0.39, 0.29) is 11.3 Å². The topological polar surface area (TPSA) is 38.3 Å². The van der Waals surface area contributed by atoms with Gasteiger partial charge in [-0.15, -0.1) is 0 Å². The van der Waals surface area contributed by atoms with E-state index in [2.05, 4.69) is 10.1 Å². The number of alkyl halides is 2. The molecule has 2 aromatic rings. The van der Waals surface area contributed by atoms with Gasteiger partial charge in [-0.1, -0.05) is 6.07 Å². The predicted molar refractivity (Wildman–Crippen MR) is 72.2 cm³/mol. The molecule has 110 valence electrons. The van der Waals surface area contributed by atoms with Crippen molar-refractivity contribution < 1.29 is 22.7 Å². The van der Waals surface area contributed by atoms with Crippen LogP contribution in [-0.2, 0) is 0 Å². The summed E-state index contributed by atoms with van der Waals surface area (Å²) in [5.41, 5.74) is 0.923. The number of carbonyl (C=O) groups excluding carboxylic acids is 1. The maximum absolute atomic E-state index is 13.1. The van der Waals surface area contributed by atoms with Gasteiger partial charge in [0.25, 0.3) is 5.91 Å². The lowest BCUT2D eigenvalue weighted by Crippen LogP contribution is -2.12. The zero-order valence-corrected chi connectivity index (χ0v) is 11.1. The summed E-state index contributed by atoms with van der Waals surface area (Å²) < 4.78 is 41.6. The summed E-state index contributed by atoms with van der Waals surface area (Å²) >= 11 is 0. The van der Waals surface area contributed by atoms with Gasteiger partial charge in [-0.25, -0.2) is 4.39 Å². The van der Waals surface area contributed by atoms with Crippen molar-refractivity contribution >= 4 is 11.6 Å². The third-order valence-corrected chi connectivity index (χ3v) is 2.74. The maximum atomic E-state index is 13.1. The summed E-state index contributed by atoms with van der Waals surface area (Å²) in [6.07, 6.45) is 0. The fraction of sp³-hybridized carbons (Fsp3) is 0.133. The highest BCUT2D eigenvalue weighted by molar-refractivity contribution is 6.04. The van der Waals surface area contributed by atoms with Gasteiger partial charge in [0.1, 0.15) is 11.6 Å². The number of ether oxygens (including phenoxy) is 1. The first kappa shape index (κ1) is 14.9. The highest BCUT2D eigenvalue weighted by Crippen LogP contribution is 2.20. The molecular weight excluding hydrogens is 283 g/mol. The van der Waals surface area contributed by atoms with E-state index >= 15 is 0 Å². The molecule has 0 saturated carbocycles. The smallest absolute Gasteiger partial charge is 0.387 e. The molecule has 21 heavy (non-hydrogen) atoms. The van der Waals surface area contributed by atoms with E-state index in [0.29, 0.717) is 11.3 Å². The molecule has 2 rings (SSSR count). The van der Waals surface area contributed by atoms with E-state index < -0.39 is 18.3 Å².